The number of hydrogen-bond acceptors (Lipinski definition) is 4. The molecule has 0 radical (unpaired) electrons. The third-order valence-electron chi connectivity index (χ3n) is 4.61. The summed E-state index contributed by atoms with van der Waals surface area (Å²) < 4.78 is 28.8. The van der Waals surface area contributed by atoms with E-state index in [4.69, 9.17) is 4.74 Å². The van der Waals surface area contributed by atoms with Crippen molar-refractivity contribution >= 4 is 15.8 Å². The fraction of sp³-hybridized carbons (Fsp3) is 0.611. The Labute approximate surface area is 151 Å². The van der Waals surface area contributed by atoms with Crippen molar-refractivity contribution in [3.63, 3.8) is 0 Å². The van der Waals surface area contributed by atoms with Crippen LogP contribution in [0.3, 0.4) is 0 Å². The molecule has 1 saturated heterocycles. The minimum absolute atomic E-state index is 0.171. The predicted molar refractivity (Wildman–Crippen MR) is 102 cm³/mol. The van der Waals surface area contributed by atoms with Gasteiger partial charge in [0.15, 0.2) is 15.8 Å². The summed E-state index contributed by atoms with van der Waals surface area (Å²) >= 11 is 0. The monoisotopic (exact) mass is 367 g/mol. The van der Waals surface area contributed by atoms with Crippen molar-refractivity contribution in [2.75, 3.05) is 39.5 Å². The van der Waals surface area contributed by atoms with Crippen LogP contribution in [0.25, 0.3) is 0 Å². The van der Waals surface area contributed by atoms with Crippen LogP contribution in [-0.2, 0) is 16.3 Å². The van der Waals surface area contributed by atoms with Crippen LogP contribution < -0.4 is 10.1 Å². The Kier molecular flexibility index (Phi) is 6.32. The zero-order valence-electron chi connectivity index (χ0n) is 15.6. The third kappa shape index (κ3) is 4.87. The van der Waals surface area contributed by atoms with Crippen LogP contribution in [-0.4, -0.2) is 63.6 Å². The Hall–Kier alpha value is -1.76. The first-order valence-corrected chi connectivity index (χ1v) is 10.2. The van der Waals surface area contributed by atoms with Crippen molar-refractivity contribution in [1.29, 1.82) is 0 Å². The summed E-state index contributed by atoms with van der Waals surface area (Å²) in [5, 5.41) is 3.35. The Balaban J connectivity index is 1.85. The topological polar surface area (TPSA) is 71.0 Å². The van der Waals surface area contributed by atoms with Gasteiger partial charge in [-0.2, -0.15) is 0 Å². The summed E-state index contributed by atoms with van der Waals surface area (Å²) in [7, 11) is 0.368. The Morgan fingerprint density at radius 2 is 2.16 bits per heavy atom. The summed E-state index contributed by atoms with van der Waals surface area (Å²) in [4.78, 5) is 6.35. The molecule has 0 amide bonds. The van der Waals surface area contributed by atoms with Gasteiger partial charge in [0.25, 0.3) is 0 Å². The molecule has 1 aliphatic heterocycles. The minimum Gasteiger partial charge on any atom is -0.497 e. The SMILES string of the molecule is CN=C(NCCCc1cccc(OC)c1)N1CCS(=O)(=O)C(C)(C)C1. The summed E-state index contributed by atoms with van der Waals surface area (Å²) in [5.74, 6) is 1.82. The molecule has 1 N–H and O–H groups in total. The smallest absolute Gasteiger partial charge is 0.193 e. The standard InChI is InChI=1S/C18H29N3O3S/c1-18(2)14-21(11-12-25(18,22)23)17(19-3)20-10-6-8-15-7-5-9-16(13-15)24-4/h5,7,9,13H,6,8,10-12,14H2,1-4H3,(H,19,20). The van der Waals surface area contributed by atoms with Crippen LogP contribution in [0.5, 0.6) is 5.75 Å². The Morgan fingerprint density at radius 1 is 1.40 bits per heavy atom. The van der Waals surface area contributed by atoms with Gasteiger partial charge in [0.2, 0.25) is 0 Å². The van der Waals surface area contributed by atoms with E-state index in [1.807, 2.05) is 23.1 Å². The van der Waals surface area contributed by atoms with Crippen molar-refractivity contribution in [3.05, 3.63) is 29.8 Å². The third-order valence-corrected chi connectivity index (χ3v) is 7.15. The van der Waals surface area contributed by atoms with E-state index in [1.165, 1.54) is 5.56 Å². The lowest BCUT2D eigenvalue weighted by atomic mass is 10.1. The van der Waals surface area contributed by atoms with E-state index in [-0.39, 0.29) is 5.75 Å². The summed E-state index contributed by atoms with van der Waals surface area (Å²) in [5.41, 5.74) is 1.24. The number of hydrogen-bond donors (Lipinski definition) is 1. The second-order valence-corrected chi connectivity index (χ2v) is 9.67. The van der Waals surface area contributed by atoms with Crippen molar-refractivity contribution in [2.24, 2.45) is 4.99 Å². The van der Waals surface area contributed by atoms with Crippen LogP contribution >= 0.6 is 0 Å². The average molecular weight is 368 g/mol. The molecule has 0 spiro atoms. The van der Waals surface area contributed by atoms with Gasteiger partial charge in [0.1, 0.15) is 5.75 Å². The summed E-state index contributed by atoms with van der Waals surface area (Å²) in [6.07, 6.45) is 1.91. The molecule has 1 heterocycles. The summed E-state index contributed by atoms with van der Waals surface area (Å²) in [6.45, 7) is 5.30. The highest BCUT2D eigenvalue weighted by atomic mass is 32.2. The highest BCUT2D eigenvalue weighted by molar-refractivity contribution is 7.92. The molecular weight excluding hydrogens is 338 g/mol. The van der Waals surface area contributed by atoms with E-state index in [9.17, 15) is 8.42 Å². The van der Waals surface area contributed by atoms with E-state index >= 15 is 0 Å². The van der Waals surface area contributed by atoms with Crippen LogP contribution in [0, 0.1) is 0 Å². The fourth-order valence-electron chi connectivity index (χ4n) is 2.98. The van der Waals surface area contributed by atoms with Crippen LogP contribution in [0.15, 0.2) is 29.3 Å². The number of benzene rings is 1. The minimum atomic E-state index is -3.04. The van der Waals surface area contributed by atoms with Crippen LogP contribution in [0.4, 0.5) is 0 Å². The van der Waals surface area contributed by atoms with E-state index in [2.05, 4.69) is 16.4 Å². The Bertz CT molecular complexity index is 714. The lowest BCUT2D eigenvalue weighted by Gasteiger charge is -2.39. The number of rotatable bonds is 5. The van der Waals surface area contributed by atoms with E-state index in [0.717, 1.165) is 31.1 Å². The zero-order chi connectivity index (χ0) is 18.5. The maximum absolute atomic E-state index is 12.1. The summed E-state index contributed by atoms with van der Waals surface area (Å²) in [6, 6.07) is 8.08. The van der Waals surface area contributed by atoms with Gasteiger partial charge in [-0.3, -0.25) is 4.99 Å². The van der Waals surface area contributed by atoms with Gasteiger partial charge in [-0.1, -0.05) is 12.1 Å². The number of methoxy groups -OCH3 is 1. The quantitative estimate of drug-likeness (QED) is 0.487. The fourth-order valence-corrected chi connectivity index (χ4v) is 4.34. The molecule has 7 heteroatoms. The van der Waals surface area contributed by atoms with E-state index < -0.39 is 14.6 Å². The number of ether oxygens (including phenoxy) is 1. The molecule has 0 atom stereocenters. The highest BCUT2D eigenvalue weighted by Gasteiger charge is 2.40. The van der Waals surface area contributed by atoms with Gasteiger partial charge >= 0.3 is 0 Å². The molecule has 0 unspecified atom stereocenters. The van der Waals surface area contributed by atoms with Gasteiger partial charge < -0.3 is 15.0 Å². The number of nitrogens with zero attached hydrogens (tertiary/aromatic N) is 2. The molecule has 140 valence electrons. The van der Waals surface area contributed by atoms with E-state index in [0.29, 0.717) is 13.1 Å². The first-order chi connectivity index (χ1) is 11.8. The normalized spacial score (nSPS) is 19.5. The van der Waals surface area contributed by atoms with Crippen molar-refractivity contribution in [1.82, 2.24) is 10.2 Å². The second kappa shape index (κ2) is 8.08. The van der Waals surface area contributed by atoms with Gasteiger partial charge in [-0.05, 0) is 44.4 Å². The highest BCUT2D eigenvalue weighted by Crippen LogP contribution is 2.23. The second-order valence-electron chi connectivity index (χ2n) is 6.93. The predicted octanol–water partition coefficient (Wildman–Crippen LogP) is 1.71. The molecule has 1 aromatic carbocycles. The van der Waals surface area contributed by atoms with E-state index in [1.54, 1.807) is 28.0 Å². The average Bonchev–Trinajstić information content (AvgIpc) is 2.58. The van der Waals surface area contributed by atoms with Gasteiger partial charge in [-0.25, -0.2) is 8.42 Å². The van der Waals surface area contributed by atoms with Gasteiger partial charge in [0.05, 0.1) is 17.6 Å². The molecule has 25 heavy (non-hydrogen) atoms. The zero-order valence-corrected chi connectivity index (χ0v) is 16.4. The van der Waals surface area contributed by atoms with Gasteiger partial charge in [-0.15, -0.1) is 0 Å². The Morgan fingerprint density at radius 3 is 2.80 bits per heavy atom. The molecule has 0 aliphatic carbocycles. The molecule has 6 nitrogen and oxygen atoms in total. The van der Waals surface area contributed by atoms with Gasteiger partial charge in [0, 0.05) is 26.7 Å². The number of aliphatic imine (C=N–C) groups is 1. The largest absolute Gasteiger partial charge is 0.497 e. The number of aryl methyl sites for hydroxylation is 1. The van der Waals surface area contributed by atoms with Crippen LogP contribution in [0.1, 0.15) is 25.8 Å². The number of sulfone groups is 1. The van der Waals surface area contributed by atoms with Crippen molar-refractivity contribution in [3.8, 4) is 5.75 Å². The molecule has 1 fully saturated rings. The maximum atomic E-state index is 12.1. The lowest BCUT2D eigenvalue weighted by Crippen LogP contribution is -2.57. The maximum Gasteiger partial charge on any atom is 0.193 e. The lowest BCUT2D eigenvalue weighted by molar-refractivity contribution is 0.353. The van der Waals surface area contributed by atoms with Crippen LogP contribution in [0.2, 0.25) is 0 Å². The molecule has 1 aromatic rings. The first-order valence-electron chi connectivity index (χ1n) is 8.60. The molecular formula is C18H29N3O3S. The molecule has 0 saturated carbocycles. The molecule has 0 bridgehead atoms. The van der Waals surface area contributed by atoms with Crippen molar-refractivity contribution < 1.29 is 13.2 Å². The van der Waals surface area contributed by atoms with Crippen molar-refractivity contribution in [2.45, 2.75) is 31.4 Å². The first kappa shape index (κ1) is 19.6. The molecule has 1 aliphatic rings. The number of nitrogens with one attached hydrogen (secondary N) is 1. The number of guanidine groups is 1. The molecule has 0 aromatic heterocycles. The molecule has 2 rings (SSSR count).